The highest BCUT2D eigenvalue weighted by atomic mass is 16.7. The molecule has 2 unspecified atom stereocenters. The minimum atomic E-state index is -0.378. The summed E-state index contributed by atoms with van der Waals surface area (Å²) in [4.78, 5) is 12.3. The van der Waals surface area contributed by atoms with Gasteiger partial charge in [-0.2, -0.15) is 0 Å². The molecule has 0 bridgehead atoms. The van der Waals surface area contributed by atoms with Crippen LogP contribution in [0, 0.1) is 17.3 Å². The molecule has 0 N–H and O–H groups in total. The minimum Gasteiger partial charge on any atom is -0.457 e. The number of esters is 1. The van der Waals surface area contributed by atoms with Crippen LogP contribution in [0.1, 0.15) is 46.5 Å². The highest BCUT2D eigenvalue weighted by molar-refractivity contribution is 5.72. The van der Waals surface area contributed by atoms with Gasteiger partial charge in [0.2, 0.25) is 0 Å². The normalized spacial score (nSPS) is 24.7. The number of benzene rings is 1. The first kappa shape index (κ1) is 18.0. The maximum Gasteiger partial charge on any atom is 0.309 e. The van der Waals surface area contributed by atoms with Gasteiger partial charge < -0.3 is 14.2 Å². The molecule has 0 aliphatic carbocycles. The van der Waals surface area contributed by atoms with E-state index in [1.54, 1.807) is 0 Å². The predicted molar refractivity (Wildman–Crippen MR) is 88.8 cm³/mol. The fraction of sp³-hybridized carbons (Fsp3) is 0.632. The summed E-state index contributed by atoms with van der Waals surface area (Å²) >= 11 is 0. The molecular weight excluding hydrogens is 292 g/mol. The van der Waals surface area contributed by atoms with Crippen LogP contribution in [-0.2, 0) is 19.0 Å². The van der Waals surface area contributed by atoms with Crippen molar-refractivity contribution in [2.75, 3.05) is 13.2 Å². The van der Waals surface area contributed by atoms with E-state index in [0.717, 1.165) is 5.56 Å². The van der Waals surface area contributed by atoms with Crippen molar-refractivity contribution < 1.29 is 19.0 Å². The summed E-state index contributed by atoms with van der Waals surface area (Å²) in [5.41, 5.74) is 1.04. The van der Waals surface area contributed by atoms with Crippen LogP contribution in [0.2, 0.25) is 0 Å². The minimum absolute atomic E-state index is 0.0659. The van der Waals surface area contributed by atoms with Gasteiger partial charge in [0.15, 0.2) is 6.29 Å². The third-order valence-electron chi connectivity index (χ3n) is 4.71. The first-order chi connectivity index (χ1) is 10.8. The Morgan fingerprint density at radius 1 is 1.13 bits per heavy atom. The second-order valence-electron chi connectivity index (χ2n) is 7.41. The van der Waals surface area contributed by atoms with E-state index < -0.39 is 0 Å². The molecule has 1 saturated heterocycles. The predicted octanol–water partition coefficient (Wildman–Crippen LogP) is 3.96. The molecule has 2 rings (SSSR count). The summed E-state index contributed by atoms with van der Waals surface area (Å²) < 4.78 is 16.9. The average molecular weight is 320 g/mol. The third kappa shape index (κ3) is 4.79. The average Bonchev–Trinajstić information content (AvgIpc) is 2.54. The molecular formula is C19H28O4. The lowest BCUT2D eigenvalue weighted by molar-refractivity contribution is -0.231. The van der Waals surface area contributed by atoms with Crippen molar-refractivity contribution in [1.82, 2.24) is 0 Å². The standard InChI is InChI=1S/C19H28O4/c1-13(14(2)19(3,4)5)17(20)23-16-11-21-18(22-12-16)15-9-7-6-8-10-15/h6-10,13-14,16,18H,11-12H2,1-5H3. The van der Waals surface area contributed by atoms with Crippen LogP contribution in [0.25, 0.3) is 0 Å². The second kappa shape index (κ2) is 7.45. The number of carbonyl (C=O) groups is 1. The molecule has 0 radical (unpaired) electrons. The lowest BCUT2D eigenvalue weighted by atomic mass is 9.75. The van der Waals surface area contributed by atoms with Crippen LogP contribution in [0.3, 0.4) is 0 Å². The smallest absolute Gasteiger partial charge is 0.309 e. The Morgan fingerprint density at radius 3 is 2.22 bits per heavy atom. The molecule has 0 aromatic heterocycles. The van der Waals surface area contributed by atoms with Crippen molar-refractivity contribution in [2.45, 2.75) is 47.0 Å². The van der Waals surface area contributed by atoms with Gasteiger partial charge in [-0.25, -0.2) is 0 Å². The van der Waals surface area contributed by atoms with Gasteiger partial charge in [0, 0.05) is 5.56 Å². The Balaban J connectivity index is 1.83. The zero-order valence-electron chi connectivity index (χ0n) is 14.7. The van der Waals surface area contributed by atoms with Gasteiger partial charge in [-0.15, -0.1) is 0 Å². The summed E-state index contributed by atoms with van der Waals surface area (Å²) in [6, 6.07) is 9.77. The molecule has 0 spiro atoms. The van der Waals surface area contributed by atoms with Crippen LogP contribution in [-0.4, -0.2) is 25.3 Å². The Morgan fingerprint density at radius 2 is 1.70 bits per heavy atom. The lowest BCUT2D eigenvalue weighted by Crippen LogP contribution is -2.38. The van der Waals surface area contributed by atoms with Crippen LogP contribution < -0.4 is 0 Å². The molecule has 4 nitrogen and oxygen atoms in total. The molecule has 4 heteroatoms. The SMILES string of the molecule is CC(C(=O)OC1COC(c2ccccc2)OC1)C(C)C(C)(C)C. The van der Waals surface area contributed by atoms with Crippen molar-refractivity contribution >= 4 is 5.97 Å². The van der Waals surface area contributed by atoms with Crippen LogP contribution in [0.4, 0.5) is 0 Å². The van der Waals surface area contributed by atoms with Crippen molar-refractivity contribution in [3.05, 3.63) is 35.9 Å². The largest absolute Gasteiger partial charge is 0.457 e. The number of rotatable bonds is 4. The first-order valence-electron chi connectivity index (χ1n) is 8.27. The second-order valence-corrected chi connectivity index (χ2v) is 7.41. The maximum atomic E-state index is 12.3. The summed E-state index contributed by atoms with van der Waals surface area (Å²) in [6.07, 6.45) is -0.714. The van der Waals surface area contributed by atoms with E-state index in [2.05, 4.69) is 27.7 Å². The van der Waals surface area contributed by atoms with Crippen LogP contribution in [0.5, 0.6) is 0 Å². The fourth-order valence-electron chi connectivity index (χ4n) is 2.58. The summed E-state index contributed by atoms with van der Waals surface area (Å²) in [7, 11) is 0. The fourth-order valence-corrected chi connectivity index (χ4v) is 2.58. The van der Waals surface area contributed by atoms with Gasteiger partial charge in [-0.1, -0.05) is 65.0 Å². The van der Waals surface area contributed by atoms with Gasteiger partial charge in [0.1, 0.15) is 6.10 Å². The zero-order chi connectivity index (χ0) is 17.0. The van der Waals surface area contributed by atoms with Gasteiger partial charge in [-0.3, -0.25) is 4.79 Å². The van der Waals surface area contributed by atoms with Gasteiger partial charge in [0.25, 0.3) is 0 Å². The number of hydrogen-bond acceptors (Lipinski definition) is 4. The highest BCUT2D eigenvalue weighted by Gasteiger charge is 2.33. The van der Waals surface area contributed by atoms with Crippen molar-refractivity contribution in [3.8, 4) is 0 Å². The van der Waals surface area contributed by atoms with Crippen molar-refractivity contribution in [3.63, 3.8) is 0 Å². The topological polar surface area (TPSA) is 44.8 Å². The monoisotopic (exact) mass is 320 g/mol. The van der Waals surface area contributed by atoms with Crippen LogP contribution in [0.15, 0.2) is 30.3 Å². The molecule has 1 heterocycles. The van der Waals surface area contributed by atoms with Crippen molar-refractivity contribution in [2.24, 2.45) is 17.3 Å². The molecule has 1 aromatic carbocycles. The van der Waals surface area contributed by atoms with E-state index >= 15 is 0 Å². The van der Waals surface area contributed by atoms with Gasteiger partial charge in [0.05, 0.1) is 19.1 Å². The molecule has 0 amide bonds. The Labute approximate surface area is 139 Å². The zero-order valence-corrected chi connectivity index (χ0v) is 14.7. The first-order valence-corrected chi connectivity index (χ1v) is 8.27. The van der Waals surface area contributed by atoms with E-state index in [1.165, 1.54) is 0 Å². The van der Waals surface area contributed by atoms with Crippen LogP contribution >= 0.6 is 0 Å². The Hall–Kier alpha value is -1.39. The maximum absolute atomic E-state index is 12.3. The summed E-state index contributed by atoms with van der Waals surface area (Å²) in [5, 5.41) is 0. The van der Waals surface area contributed by atoms with Gasteiger partial charge in [-0.05, 0) is 11.3 Å². The Bertz CT molecular complexity index is 498. The number of hydrogen-bond donors (Lipinski definition) is 0. The Kier molecular flexibility index (Phi) is 5.82. The molecule has 23 heavy (non-hydrogen) atoms. The molecule has 1 aromatic rings. The molecule has 1 aliphatic heterocycles. The van der Waals surface area contributed by atoms with E-state index in [1.807, 2.05) is 37.3 Å². The van der Waals surface area contributed by atoms with E-state index in [0.29, 0.717) is 13.2 Å². The van der Waals surface area contributed by atoms with E-state index in [-0.39, 0.29) is 35.6 Å². The lowest BCUT2D eigenvalue weighted by Gasteiger charge is -2.33. The molecule has 0 saturated carbocycles. The number of ether oxygens (including phenoxy) is 3. The van der Waals surface area contributed by atoms with Gasteiger partial charge >= 0.3 is 5.97 Å². The summed E-state index contributed by atoms with van der Waals surface area (Å²) in [5.74, 6) is -0.0953. The molecule has 1 fully saturated rings. The third-order valence-corrected chi connectivity index (χ3v) is 4.71. The molecule has 128 valence electrons. The quantitative estimate of drug-likeness (QED) is 0.788. The number of carbonyl (C=O) groups excluding carboxylic acids is 1. The molecule has 2 atom stereocenters. The molecule has 1 aliphatic rings. The van der Waals surface area contributed by atoms with Crippen molar-refractivity contribution in [1.29, 1.82) is 0 Å². The van der Waals surface area contributed by atoms with E-state index in [9.17, 15) is 4.79 Å². The highest BCUT2D eigenvalue weighted by Crippen LogP contribution is 2.32. The summed E-state index contributed by atoms with van der Waals surface area (Å²) in [6.45, 7) is 11.2. The van der Waals surface area contributed by atoms with E-state index in [4.69, 9.17) is 14.2 Å².